The predicted molar refractivity (Wildman–Crippen MR) is 90.2 cm³/mol. The number of nitrogens with zero attached hydrogens (tertiary/aromatic N) is 4. The first-order chi connectivity index (χ1) is 12.6. The summed E-state index contributed by atoms with van der Waals surface area (Å²) in [7, 11) is -3.60. The highest BCUT2D eigenvalue weighted by atomic mass is 32.2. The maximum absolute atomic E-state index is 12.9. The first-order valence-electron chi connectivity index (χ1n) is 8.21. The predicted octanol–water partition coefficient (Wildman–Crippen LogP) is 1.13. The van der Waals surface area contributed by atoms with Gasteiger partial charge in [0.25, 0.3) is 5.88 Å². The van der Waals surface area contributed by atoms with Gasteiger partial charge < -0.3 is 9.47 Å². The summed E-state index contributed by atoms with van der Waals surface area (Å²) < 4.78 is 38.3. The highest BCUT2D eigenvalue weighted by Crippen LogP contribution is 2.30. The maximum atomic E-state index is 12.9. The van der Waals surface area contributed by atoms with Gasteiger partial charge in [0.1, 0.15) is 17.9 Å². The van der Waals surface area contributed by atoms with E-state index in [1.165, 1.54) is 16.7 Å². The molecule has 1 saturated heterocycles. The Balaban J connectivity index is 1.50. The smallest absolute Gasteiger partial charge is 0.251 e. The van der Waals surface area contributed by atoms with Crippen molar-refractivity contribution in [2.45, 2.75) is 23.8 Å². The fourth-order valence-electron chi connectivity index (χ4n) is 3.13. The van der Waals surface area contributed by atoms with Crippen LogP contribution in [-0.4, -0.2) is 48.5 Å². The number of sulfonamides is 1. The van der Waals surface area contributed by atoms with E-state index in [1.807, 2.05) is 6.07 Å². The van der Waals surface area contributed by atoms with E-state index in [0.29, 0.717) is 26.0 Å². The zero-order chi connectivity index (χ0) is 18.1. The molecule has 8 nitrogen and oxygen atoms in total. The Kier molecular flexibility index (Phi) is 4.22. The minimum absolute atomic E-state index is 0.0902. The molecule has 0 bridgehead atoms. The Morgan fingerprint density at radius 3 is 3.00 bits per heavy atom. The van der Waals surface area contributed by atoms with Gasteiger partial charge in [-0.05, 0) is 30.2 Å². The second kappa shape index (κ2) is 6.55. The summed E-state index contributed by atoms with van der Waals surface area (Å²) in [5.41, 5.74) is 1.00. The van der Waals surface area contributed by atoms with E-state index in [-0.39, 0.29) is 29.1 Å². The Morgan fingerprint density at radius 1 is 1.31 bits per heavy atom. The van der Waals surface area contributed by atoms with E-state index in [9.17, 15) is 8.42 Å². The lowest BCUT2D eigenvalue weighted by atomic mass is 10.2. The highest BCUT2D eigenvalue weighted by Gasteiger charge is 2.34. The number of hydrogen-bond acceptors (Lipinski definition) is 7. The van der Waals surface area contributed by atoms with Crippen LogP contribution in [0.3, 0.4) is 0 Å². The van der Waals surface area contributed by atoms with Crippen LogP contribution in [0.4, 0.5) is 0 Å². The van der Waals surface area contributed by atoms with Crippen molar-refractivity contribution in [2.24, 2.45) is 0 Å². The molecule has 2 aliphatic heterocycles. The monoisotopic (exact) mass is 372 g/mol. The standard InChI is InChI=1S/C17H16N4O4S/c18-10-15-17(20-6-5-19-15)25-13-3-7-21(11-13)26(22,23)14-1-2-16-12(9-14)4-8-24-16/h1-2,5-6,9,13H,3-4,7-8,11H2/t13-/m1/s1. The van der Waals surface area contributed by atoms with Crippen molar-refractivity contribution < 1.29 is 17.9 Å². The largest absolute Gasteiger partial charge is 0.493 e. The topological polar surface area (TPSA) is 105 Å². The molecule has 3 heterocycles. The van der Waals surface area contributed by atoms with Crippen molar-refractivity contribution in [3.8, 4) is 17.7 Å². The van der Waals surface area contributed by atoms with Gasteiger partial charge in [0, 0.05) is 25.4 Å². The zero-order valence-electron chi connectivity index (χ0n) is 13.8. The van der Waals surface area contributed by atoms with Crippen LogP contribution in [0, 0.1) is 11.3 Å². The molecule has 4 rings (SSSR count). The second-order valence-corrected chi connectivity index (χ2v) is 8.02. The van der Waals surface area contributed by atoms with Crippen LogP contribution >= 0.6 is 0 Å². The van der Waals surface area contributed by atoms with Gasteiger partial charge in [-0.1, -0.05) is 0 Å². The van der Waals surface area contributed by atoms with Crippen molar-refractivity contribution in [3.05, 3.63) is 41.9 Å². The molecule has 26 heavy (non-hydrogen) atoms. The fraction of sp³-hybridized carbons (Fsp3) is 0.353. The zero-order valence-corrected chi connectivity index (χ0v) is 14.6. The molecule has 2 aliphatic rings. The number of ether oxygens (including phenoxy) is 2. The van der Waals surface area contributed by atoms with E-state index in [0.717, 1.165) is 11.3 Å². The Labute approximate surface area is 151 Å². The normalized spacial score (nSPS) is 19.6. The lowest BCUT2D eigenvalue weighted by Gasteiger charge is -2.17. The molecule has 1 fully saturated rings. The van der Waals surface area contributed by atoms with Gasteiger partial charge in [-0.25, -0.2) is 18.4 Å². The minimum atomic E-state index is -3.60. The average Bonchev–Trinajstić information content (AvgIpc) is 3.31. The Morgan fingerprint density at radius 2 is 2.15 bits per heavy atom. The second-order valence-electron chi connectivity index (χ2n) is 6.08. The molecule has 0 aliphatic carbocycles. The third-order valence-electron chi connectivity index (χ3n) is 4.46. The van der Waals surface area contributed by atoms with Gasteiger partial charge in [-0.15, -0.1) is 0 Å². The molecule has 1 atom stereocenters. The molecule has 0 amide bonds. The number of nitriles is 1. The van der Waals surface area contributed by atoms with Gasteiger partial charge >= 0.3 is 0 Å². The van der Waals surface area contributed by atoms with Gasteiger partial charge in [-0.2, -0.15) is 9.57 Å². The lowest BCUT2D eigenvalue weighted by molar-refractivity contribution is 0.205. The summed E-state index contributed by atoms with van der Waals surface area (Å²) in [5.74, 6) is 0.882. The highest BCUT2D eigenvalue weighted by molar-refractivity contribution is 7.89. The van der Waals surface area contributed by atoms with Gasteiger partial charge in [0.05, 0.1) is 18.0 Å². The van der Waals surface area contributed by atoms with Gasteiger partial charge in [0.2, 0.25) is 15.7 Å². The van der Waals surface area contributed by atoms with Crippen LogP contribution < -0.4 is 9.47 Å². The molecule has 2 aromatic rings. The molecule has 134 valence electrons. The quantitative estimate of drug-likeness (QED) is 0.792. The summed E-state index contributed by atoms with van der Waals surface area (Å²) in [6, 6.07) is 6.88. The maximum Gasteiger partial charge on any atom is 0.251 e. The van der Waals surface area contributed by atoms with Crippen molar-refractivity contribution in [1.29, 1.82) is 5.26 Å². The summed E-state index contributed by atoms with van der Waals surface area (Å²) in [6.07, 6.45) is 3.72. The van der Waals surface area contributed by atoms with Crippen LogP contribution in [0.2, 0.25) is 0 Å². The van der Waals surface area contributed by atoms with Crippen LogP contribution in [0.1, 0.15) is 17.7 Å². The third-order valence-corrected chi connectivity index (χ3v) is 6.32. The fourth-order valence-corrected chi connectivity index (χ4v) is 4.67. The van der Waals surface area contributed by atoms with Crippen molar-refractivity contribution in [2.75, 3.05) is 19.7 Å². The molecule has 0 saturated carbocycles. The first kappa shape index (κ1) is 16.8. The van der Waals surface area contributed by atoms with Crippen molar-refractivity contribution in [1.82, 2.24) is 14.3 Å². The number of benzene rings is 1. The van der Waals surface area contributed by atoms with Crippen LogP contribution in [-0.2, 0) is 16.4 Å². The van der Waals surface area contributed by atoms with E-state index in [1.54, 1.807) is 18.2 Å². The van der Waals surface area contributed by atoms with Crippen LogP contribution in [0.25, 0.3) is 0 Å². The minimum Gasteiger partial charge on any atom is -0.493 e. The van der Waals surface area contributed by atoms with Crippen LogP contribution in [0.5, 0.6) is 11.6 Å². The number of rotatable bonds is 4. The summed E-state index contributed by atoms with van der Waals surface area (Å²) in [4.78, 5) is 8.17. The van der Waals surface area contributed by atoms with E-state index in [2.05, 4.69) is 9.97 Å². The molecule has 1 aromatic carbocycles. The van der Waals surface area contributed by atoms with E-state index >= 15 is 0 Å². The average molecular weight is 372 g/mol. The Hall–Kier alpha value is -2.70. The lowest BCUT2D eigenvalue weighted by Crippen LogP contribution is -2.31. The van der Waals surface area contributed by atoms with Gasteiger partial charge in [0.15, 0.2) is 0 Å². The molecule has 1 aromatic heterocycles. The number of fused-ring (bicyclic) bond motifs is 1. The number of aromatic nitrogens is 2. The molecule has 0 spiro atoms. The van der Waals surface area contributed by atoms with E-state index < -0.39 is 10.0 Å². The van der Waals surface area contributed by atoms with Crippen molar-refractivity contribution in [3.63, 3.8) is 0 Å². The Bertz CT molecular complexity index is 986. The third kappa shape index (κ3) is 2.98. The summed E-state index contributed by atoms with van der Waals surface area (Å²) >= 11 is 0. The SMILES string of the molecule is N#Cc1nccnc1O[C@@H]1CCN(S(=O)(=O)c2ccc3c(c2)CCO3)C1. The van der Waals surface area contributed by atoms with E-state index in [4.69, 9.17) is 14.7 Å². The molecular weight excluding hydrogens is 356 g/mol. The molecule has 0 radical (unpaired) electrons. The number of hydrogen-bond donors (Lipinski definition) is 0. The molecular formula is C17H16N4O4S. The first-order valence-corrected chi connectivity index (χ1v) is 9.65. The molecule has 0 N–H and O–H groups in total. The summed E-state index contributed by atoms with van der Waals surface area (Å²) in [5, 5.41) is 9.05. The van der Waals surface area contributed by atoms with Crippen molar-refractivity contribution >= 4 is 10.0 Å². The van der Waals surface area contributed by atoms with Crippen LogP contribution in [0.15, 0.2) is 35.5 Å². The molecule has 0 unspecified atom stereocenters. The summed E-state index contributed by atoms with van der Waals surface area (Å²) in [6.45, 7) is 1.14. The molecule has 9 heteroatoms. The van der Waals surface area contributed by atoms with Gasteiger partial charge in [-0.3, -0.25) is 0 Å².